The lowest BCUT2D eigenvalue weighted by atomic mass is 9.92. The monoisotopic (exact) mass is 525 g/mol. The fraction of sp³-hybridized carbons (Fsp3) is 0.462. The minimum atomic E-state index is -0.884. The number of benzene rings is 1. The van der Waals surface area contributed by atoms with Gasteiger partial charge < -0.3 is 29.3 Å². The third-order valence-electron chi connectivity index (χ3n) is 6.47. The summed E-state index contributed by atoms with van der Waals surface area (Å²) in [5.74, 6) is 4.40. The van der Waals surface area contributed by atoms with Crippen molar-refractivity contribution >= 4 is 29.2 Å². The summed E-state index contributed by atoms with van der Waals surface area (Å²) < 4.78 is 16.2. The van der Waals surface area contributed by atoms with Crippen LogP contribution in [0.1, 0.15) is 42.5 Å². The zero-order valence-electron chi connectivity index (χ0n) is 20.6. The predicted octanol–water partition coefficient (Wildman–Crippen LogP) is 3.98. The van der Waals surface area contributed by atoms with Crippen LogP contribution in [0.2, 0.25) is 0 Å². The Morgan fingerprint density at radius 3 is 2.86 bits per heavy atom. The van der Waals surface area contributed by atoms with Crippen LogP contribution in [0.4, 0.5) is 11.5 Å². The van der Waals surface area contributed by atoms with Crippen molar-refractivity contribution in [2.45, 2.75) is 38.0 Å². The van der Waals surface area contributed by atoms with E-state index in [-0.39, 0.29) is 19.1 Å². The standard InChI is InChI=1S/C26H31N5O5S/c32-26(33)15-19(18-4-5-21-22(13-18)35-17-34-21)14-25-29-23(30-36-25)3-1-2-7-27-24-16-20(6-8-28-24)31-9-11-37-12-10-31/h4-6,8,13,16,19H,1-3,7,9-12,14-15,17H2,(H,27,28)(H,32,33). The molecule has 11 heteroatoms. The van der Waals surface area contributed by atoms with E-state index < -0.39 is 5.97 Å². The number of hydrogen-bond donors (Lipinski definition) is 2. The van der Waals surface area contributed by atoms with Crippen LogP contribution < -0.4 is 19.7 Å². The first-order valence-electron chi connectivity index (χ1n) is 12.6. The SMILES string of the molecule is O=C(O)CC(Cc1nc(CCCCNc2cc(N3CCSCC3)ccn2)no1)c1ccc2c(c1)OCO2. The summed E-state index contributed by atoms with van der Waals surface area (Å²) in [4.78, 5) is 22.8. The van der Waals surface area contributed by atoms with E-state index in [1.165, 1.54) is 17.2 Å². The zero-order valence-corrected chi connectivity index (χ0v) is 21.4. The van der Waals surface area contributed by atoms with E-state index in [1.807, 2.05) is 30.1 Å². The number of thioether (sulfide) groups is 1. The van der Waals surface area contributed by atoms with E-state index in [4.69, 9.17) is 14.0 Å². The summed E-state index contributed by atoms with van der Waals surface area (Å²) >= 11 is 2.00. The summed E-state index contributed by atoms with van der Waals surface area (Å²) in [6.45, 7) is 3.14. The molecule has 2 aliphatic rings. The number of aryl methyl sites for hydroxylation is 1. The number of fused-ring (bicyclic) bond motifs is 1. The maximum atomic E-state index is 11.5. The number of carboxylic acid groups (broad SMARTS) is 1. The average molecular weight is 526 g/mol. The van der Waals surface area contributed by atoms with Crippen LogP contribution in [0.3, 0.4) is 0 Å². The van der Waals surface area contributed by atoms with Gasteiger partial charge in [-0.3, -0.25) is 4.79 Å². The molecule has 1 saturated heterocycles. The molecule has 0 amide bonds. The summed E-state index contributed by atoms with van der Waals surface area (Å²) in [6.07, 6.45) is 4.69. The molecule has 2 N–H and O–H groups in total. The molecule has 3 aromatic rings. The van der Waals surface area contributed by atoms with Crippen molar-refractivity contribution in [3.05, 3.63) is 53.8 Å². The van der Waals surface area contributed by atoms with Gasteiger partial charge in [0.25, 0.3) is 0 Å². The van der Waals surface area contributed by atoms with Gasteiger partial charge in [-0.05, 0) is 36.6 Å². The van der Waals surface area contributed by atoms with Crippen LogP contribution in [0.5, 0.6) is 11.5 Å². The number of unbranched alkanes of at least 4 members (excludes halogenated alkanes) is 1. The van der Waals surface area contributed by atoms with Gasteiger partial charge in [0.05, 0.1) is 6.42 Å². The average Bonchev–Trinajstić information content (AvgIpc) is 3.57. The molecule has 1 unspecified atom stereocenters. The van der Waals surface area contributed by atoms with E-state index in [1.54, 1.807) is 6.07 Å². The Hall–Kier alpha value is -3.47. The number of anilines is 2. The normalized spacial score (nSPS) is 15.5. The van der Waals surface area contributed by atoms with Crippen LogP contribution in [0.15, 0.2) is 41.1 Å². The van der Waals surface area contributed by atoms with Crippen molar-refractivity contribution in [2.24, 2.45) is 0 Å². The van der Waals surface area contributed by atoms with Gasteiger partial charge in [-0.2, -0.15) is 16.7 Å². The first-order valence-corrected chi connectivity index (χ1v) is 13.7. The smallest absolute Gasteiger partial charge is 0.303 e. The second kappa shape index (κ2) is 12.2. The maximum absolute atomic E-state index is 11.5. The molecule has 4 heterocycles. The number of ether oxygens (including phenoxy) is 2. The zero-order chi connectivity index (χ0) is 25.5. The van der Waals surface area contributed by atoms with Gasteiger partial charge in [0.1, 0.15) is 5.82 Å². The molecule has 0 bridgehead atoms. The van der Waals surface area contributed by atoms with Gasteiger partial charge in [-0.15, -0.1) is 0 Å². The predicted molar refractivity (Wildman–Crippen MR) is 141 cm³/mol. The molecule has 0 radical (unpaired) electrons. The highest BCUT2D eigenvalue weighted by atomic mass is 32.2. The van der Waals surface area contributed by atoms with Crippen molar-refractivity contribution < 1.29 is 23.9 Å². The van der Waals surface area contributed by atoms with E-state index in [0.717, 1.165) is 43.9 Å². The molecular formula is C26H31N5O5S. The highest BCUT2D eigenvalue weighted by Gasteiger charge is 2.23. The van der Waals surface area contributed by atoms with Gasteiger partial charge >= 0.3 is 5.97 Å². The molecule has 0 saturated carbocycles. The van der Waals surface area contributed by atoms with E-state index in [2.05, 4.69) is 37.5 Å². The second-order valence-electron chi connectivity index (χ2n) is 9.10. The van der Waals surface area contributed by atoms with Crippen LogP contribution >= 0.6 is 11.8 Å². The van der Waals surface area contributed by atoms with Gasteiger partial charge in [-0.1, -0.05) is 11.2 Å². The second-order valence-corrected chi connectivity index (χ2v) is 10.3. The molecule has 10 nitrogen and oxygen atoms in total. The van der Waals surface area contributed by atoms with Gasteiger partial charge in [0, 0.05) is 67.9 Å². The van der Waals surface area contributed by atoms with Crippen LogP contribution in [0.25, 0.3) is 0 Å². The van der Waals surface area contributed by atoms with E-state index in [0.29, 0.717) is 36.1 Å². The number of carboxylic acids is 1. The lowest BCUT2D eigenvalue weighted by Gasteiger charge is -2.28. The maximum Gasteiger partial charge on any atom is 0.303 e. The molecule has 1 aromatic carbocycles. The number of nitrogens with zero attached hydrogens (tertiary/aromatic N) is 4. The fourth-order valence-corrected chi connectivity index (χ4v) is 5.43. The number of rotatable bonds is 12. The third kappa shape index (κ3) is 6.85. The largest absolute Gasteiger partial charge is 0.481 e. The van der Waals surface area contributed by atoms with Gasteiger partial charge in [-0.25, -0.2) is 4.98 Å². The Labute approximate surface area is 219 Å². The molecule has 0 spiro atoms. The Morgan fingerprint density at radius 2 is 2.00 bits per heavy atom. The Balaban J connectivity index is 1.09. The lowest BCUT2D eigenvalue weighted by Crippen LogP contribution is -2.32. The molecule has 2 aromatic heterocycles. The number of aromatic nitrogens is 3. The number of carbonyl (C=O) groups is 1. The Bertz CT molecular complexity index is 1200. The van der Waals surface area contributed by atoms with Crippen LogP contribution in [0, 0.1) is 0 Å². The highest BCUT2D eigenvalue weighted by Crippen LogP contribution is 2.36. The minimum absolute atomic E-state index is 0.0466. The number of aliphatic carboxylic acids is 1. The van der Waals surface area contributed by atoms with E-state index >= 15 is 0 Å². The topological polar surface area (TPSA) is 123 Å². The number of nitrogens with one attached hydrogen (secondary N) is 1. The lowest BCUT2D eigenvalue weighted by molar-refractivity contribution is -0.137. The molecule has 1 fully saturated rings. The van der Waals surface area contributed by atoms with E-state index in [9.17, 15) is 9.90 Å². The van der Waals surface area contributed by atoms with Crippen LogP contribution in [-0.4, -0.2) is 64.1 Å². The molecule has 37 heavy (non-hydrogen) atoms. The van der Waals surface area contributed by atoms with Crippen molar-refractivity contribution in [1.29, 1.82) is 0 Å². The summed E-state index contributed by atoms with van der Waals surface area (Å²) in [7, 11) is 0. The molecule has 2 aliphatic heterocycles. The van der Waals surface area contributed by atoms with Crippen molar-refractivity contribution in [3.63, 3.8) is 0 Å². The molecule has 5 rings (SSSR count). The summed E-state index contributed by atoms with van der Waals surface area (Å²) in [5, 5.41) is 16.9. The summed E-state index contributed by atoms with van der Waals surface area (Å²) in [5.41, 5.74) is 2.06. The quantitative estimate of drug-likeness (QED) is 0.334. The third-order valence-corrected chi connectivity index (χ3v) is 7.42. The number of hydrogen-bond acceptors (Lipinski definition) is 10. The van der Waals surface area contributed by atoms with Gasteiger partial charge in [0.2, 0.25) is 12.7 Å². The molecule has 196 valence electrons. The van der Waals surface area contributed by atoms with Crippen molar-refractivity contribution in [2.75, 3.05) is 48.1 Å². The van der Waals surface area contributed by atoms with Gasteiger partial charge in [0.15, 0.2) is 17.3 Å². The Morgan fingerprint density at radius 1 is 1.14 bits per heavy atom. The summed E-state index contributed by atoms with van der Waals surface area (Å²) in [6, 6.07) is 9.69. The first kappa shape index (κ1) is 25.2. The van der Waals surface area contributed by atoms with Crippen LogP contribution in [-0.2, 0) is 17.6 Å². The molecule has 0 aliphatic carbocycles. The Kier molecular flexibility index (Phi) is 8.29. The highest BCUT2D eigenvalue weighted by molar-refractivity contribution is 7.99. The van der Waals surface area contributed by atoms with Crippen molar-refractivity contribution in [1.82, 2.24) is 15.1 Å². The minimum Gasteiger partial charge on any atom is -0.481 e. The first-order chi connectivity index (χ1) is 18.1. The molecule has 1 atom stereocenters. The number of pyridine rings is 1. The fourth-order valence-electron chi connectivity index (χ4n) is 4.53. The molecular weight excluding hydrogens is 494 g/mol. The van der Waals surface area contributed by atoms with Crippen molar-refractivity contribution in [3.8, 4) is 11.5 Å².